The average molecular weight is 444 g/mol. The molecule has 0 saturated carbocycles. The number of nitrogens with zero attached hydrogens (tertiary/aromatic N) is 1. The third-order valence-electron chi connectivity index (χ3n) is 4.63. The van der Waals surface area contributed by atoms with Gasteiger partial charge in [-0.25, -0.2) is 9.37 Å². The zero-order valence-corrected chi connectivity index (χ0v) is 18.0. The van der Waals surface area contributed by atoms with Crippen LogP contribution in [0.1, 0.15) is 22.9 Å². The molecule has 162 valence electrons. The number of pyridine rings is 1. The Bertz CT molecular complexity index is 1060. The van der Waals surface area contributed by atoms with Crippen molar-refractivity contribution in [2.24, 2.45) is 0 Å². The highest BCUT2D eigenvalue weighted by molar-refractivity contribution is 6.31. The van der Waals surface area contributed by atoms with Gasteiger partial charge in [0.05, 0.1) is 10.7 Å². The molecule has 0 bridgehead atoms. The highest BCUT2D eigenvalue weighted by Gasteiger charge is 2.24. The molecule has 3 rings (SSSR count). The van der Waals surface area contributed by atoms with E-state index in [1.807, 2.05) is 30.3 Å². The van der Waals surface area contributed by atoms with Crippen molar-refractivity contribution in [2.45, 2.75) is 13.0 Å². The number of hydrogen-bond acceptors (Lipinski definition) is 5. The van der Waals surface area contributed by atoms with E-state index in [1.165, 1.54) is 26.2 Å². The van der Waals surface area contributed by atoms with Gasteiger partial charge in [0.15, 0.2) is 18.4 Å². The fourth-order valence-electron chi connectivity index (χ4n) is 3.13. The zero-order chi connectivity index (χ0) is 22.4. The van der Waals surface area contributed by atoms with Crippen LogP contribution in [0.4, 0.5) is 4.39 Å². The number of rotatable bonds is 9. The third kappa shape index (κ3) is 5.05. The number of benzene rings is 2. The van der Waals surface area contributed by atoms with E-state index in [-0.39, 0.29) is 35.3 Å². The Hall–Kier alpha value is -2.93. The Morgan fingerprint density at radius 1 is 1.16 bits per heavy atom. The molecule has 31 heavy (non-hydrogen) atoms. The third-order valence-corrected chi connectivity index (χ3v) is 4.95. The predicted molar refractivity (Wildman–Crippen MR) is 118 cm³/mol. The molecule has 0 aliphatic rings. The van der Waals surface area contributed by atoms with E-state index in [1.54, 1.807) is 12.1 Å². The Morgan fingerprint density at radius 2 is 1.90 bits per heavy atom. The smallest absolute Gasteiger partial charge is 0.188 e. The largest absolute Gasteiger partial charge is 0.486 e. The van der Waals surface area contributed by atoms with E-state index < -0.39 is 11.9 Å². The lowest BCUT2D eigenvalue weighted by atomic mass is 9.99. The van der Waals surface area contributed by atoms with Crippen molar-refractivity contribution in [1.29, 1.82) is 0 Å². The van der Waals surface area contributed by atoms with Gasteiger partial charge >= 0.3 is 0 Å². The molecule has 0 saturated heterocycles. The van der Waals surface area contributed by atoms with Crippen LogP contribution in [-0.4, -0.2) is 30.6 Å². The average Bonchev–Trinajstić information content (AvgIpc) is 2.79. The summed E-state index contributed by atoms with van der Waals surface area (Å²) < 4.78 is 30.7. The molecule has 3 aromatic rings. The Balaban J connectivity index is 2.05. The topological polar surface area (TPSA) is 60.8 Å². The van der Waals surface area contributed by atoms with Crippen LogP contribution >= 0.6 is 11.6 Å². The zero-order valence-electron chi connectivity index (χ0n) is 17.3. The molecule has 5 nitrogen and oxygen atoms in total. The maximum atomic E-state index is 14.8. The monoisotopic (exact) mass is 443 g/mol. The van der Waals surface area contributed by atoms with Crippen LogP contribution in [0.25, 0.3) is 11.3 Å². The van der Waals surface area contributed by atoms with Crippen LogP contribution in [0, 0.1) is 12.7 Å². The second kappa shape index (κ2) is 10.4. The summed E-state index contributed by atoms with van der Waals surface area (Å²) in [6.07, 6.45) is 0.252. The summed E-state index contributed by atoms with van der Waals surface area (Å²) in [6, 6.07) is 14.0. The van der Waals surface area contributed by atoms with Gasteiger partial charge in [-0.2, -0.15) is 0 Å². The van der Waals surface area contributed by atoms with Gasteiger partial charge in [-0.15, -0.1) is 0 Å². The normalized spacial score (nSPS) is 11.8. The van der Waals surface area contributed by atoms with Gasteiger partial charge in [0.1, 0.15) is 24.2 Å². The highest BCUT2D eigenvalue weighted by atomic mass is 35.5. The number of halogens is 2. The number of methoxy groups -OCH3 is 1. The van der Waals surface area contributed by atoms with E-state index in [9.17, 15) is 9.50 Å². The molecule has 1 heterocycles. The number of ether oxygens (including phenoxy) is 3. The fourth-order valence-corrected chi connectivity index (χ4v) is 3.48. The van der Waals surface area contributed by atoms with Crippen LogP contribution in [-0.2, 0) is 4.74 Å². The molecule has 0 amide bonds. The van der Waals surface area contributed by atoms with Crippen molar-refractivity contribution in [2.75, 3.05) is 20.5 Å². The molecule has 1 N–H and O–H groups in total. The van der Waals surface area contributed by atoms with Crippen molar-refractivity contribution in [3.63, 3.8) is 0 Å². The highest BCUT2D eigenvalue weighted by Crippen LogP contribution is 2.38. The minimum absolute atomic E-state index is 0.000373. The van der Waals surface area contributed by atoms with Crippen molar-refractivity contribution in [3.8, 4) is 22.8 Å². The second-order valence-corrected chi connectivity index (χ2v) is 7.12. The summed E-state index contributed by atoms with van der Waals surface area (Å²) >= 11 is 6.39. The van der Waals surface area contributed by atoms with E-state index in [4.69, 9.17) is 25.8 Å². The summed E-state index contributed by atoms with van der Waals surface area (Å²) in [5.41, 5.74) is 2.02. The van der Waals surface area contributed by atoms with Crippen LogP contribution in [0.3, 0.4) is 0 Å². The maximum Gasteiger partial charge on any atom is 0.188 e. The van der Waals surface area contributed by atoms with E-state index >= 15 is 0 Å². The fraction of sp³-hybridized carbons (Fsp3) is 0.208. The molecule has 0 aliphatic carbocycles. The molecule has 0 fully saturated rings. The van der Waals surface area contributed by atoms with Crippen molar-refractivity contribution >= 4 is 11.6 Å². The quantitative estimate of drug-likeness (QED) is 0.350. The lowest BCUT2D eigenvalue weighted by Gasteiger charge is -2.19. The first-order chi connectivity index (χ1) is 15.0. The van der Waals surface area contributed by atoms with Gasteiger partial charge in [0, 0.05) is 24.3 Å². The summed E-state index contributed by atoms with van der Waals surface area (Å²) in [5.74, 6) is -0.102. The summed E-state index contributed by atoms with van der Waals surface area (Å²) in [6.45, 7) is 5.27. The molecule has 1 unspecified atom stereocenters. The van der Waals surface area contributed by atoms with Crippen LogP contribution < -0.4 is 9.47 Å². The molecule has 7 heteroatoms. The Labute approximate surface area is 185 Å². The molecule has 2 aromatic carbocycles. The standard InChI is InChI=1S/C24H23ClFNO4/c1-4-12-30-20-13-17(25)21(15(2)22(20)26)24(28)18-10-11-19(31-14-29-3)23(27-18)16-8-6-5-7-9-16/h4-11,13,24,28H,1,12,14H2,2-3H3. The Morgan fingerprint density at radius 3 is 2.58 bits per heavy atom. The van der Waals surface area contributed by atoms with Gasteiger partial charge in [-0.05, 0) is 24.6 Å². The number of aliphatic hydroxyl groups is 1. The van der Waals surface area contributed by atoms with Gasteiger partial charge in [0.2, 0.25) is 0 Å². The molecule has 1 atom stereocenters. The van der Waals surface area contributed by atoms with Gasteiger partial charge in [-0.1, -0.05) is 54.6 Å². The van der Waals surface area contributed by atoms with Crippen LogP contribution in [0.5, 0.6) is 11.5 Å². The molecule has 0 radical (unpaired) electrons. The summed E-state index contributed by atoms with van der Waals surface area (Å²) in [4.78, 5) is 4.60. The molecular weight excluding hydrogens is 421 g/mol. The van der Waals surface area contributed by atoms with Crippen LogP contribution in [0.2, 0.25) is 5.02 Å². The lowest BCUT2D eigenvalue weighted by molar-refractivity contribution is 0.0512. The molecule has 0 spiro atoms. The summed E-state index contributed by atoms with van der Waals surface area (Å²) in [5, 5.41) is 11.2. The SMILES string of the molecule is C=CCOc1cc(Cl)c(C(O)c2ccc(OCOC)c(-c3ccccc3)n2)c(C)c1F. The van der Waals surface area contributed by atoms with E-state index in [0.29, 0.717) is 17.1 Å². The van der Waals surface area contributed by atoms with Gasteiger partial charge in [-0.3, -0.25) is 0 Å². The number of hydrogen-bond donors (Lipinski definition) is 1. The Kier molecular flexibility index (Phi) is 7.63. The van der Waals surface area contributed by atoms with Gasteiger partial charge in [0.25, 0.3) is 0 Å². The molecule has 0 aliphatic heterocycles. The number of aliphatic hydroxyl groups excluding tert-OH is 1. The minimum Gasteiger partial charge on any atom is -0.486 e. The van der Waals surface area contributed by atoms with Crippen molar-refractivity contribution in [3.05, 3.63) is 88.8 Å². The molecular formula is C24H23ClFNO4. The van der Waals surface area contributed by atoms with Crippen molar-refractivity contribution in [1.82, 2.24) is 4.98 Å². The summed E-state index contributed by atoms with van der Waals surface area (Å²) in [7, 11) is 1.52. The van der Waals surface area contributed by atoms with Crippen LogP contribution in [0.15, 0.2) is 61.2 Å². The van der Waals surface area contributed by atoms with E-state index in [0.717, 1.165) is 5.56 Å². The minimum atomic E-state index is -1.26. The first kappa shape index (κ1) is 22.7. The number of aromatic nitrogens is 1. The first-order valence-corrected chi connectivity index (χ1v) is 9.94. The van der Waals surface area contributed by atoms with Crippen molar-refractivity contribution < 1.29 is 23.7 Å². The maximum absolute atomic E-state index is 14.8. The lowest BCUT2D eigenvalue weighted by Crippen LogP contribution is -2.10. The predicted octanol–water partition coefficient (Wildman–Crippen LogP) is 5.48. The van der Waals surface area contributed by atoms with Gasteiger partial charge < -0.3 is 19.3 Å². The second-order valence-electron chi connectivity index (χ2n) is 6.71. The van der Waals surface area contributed by atoms with E-state index in [2.05, 4.69) is 11.6 Å². The molecule has 1 aromatic heterocycles. The first-order valence-electron chi connectivity index (χ1n) is 9.56.